The number of rotatable bonds is 5. The molecule has 1 aliphatic rings. The third kappa shape index (κ3) is 5.21. The molecule has 1 fully saturated rings. The molecule has 0 bridgehead atoms. The van der Waals surface area contributed by atoms with E-state index in [-0.39, 0.29) is 11.9 Å². The first-order valence-electron chi connectivity index (χ1n) is 5.06. The Labute approximate surface area is 89.8 Å². The number of nitrogens with one attached hydrogen (secondary N) is 1. The lowest BCUT2D eigenvalue weighted by Gasteiger charge is -2.17. The summed E-state index contributed by atoms with van der Waals surface area (Å²) in [5, 5.41) is 6.95. The Hall–Kier alpha value is -1.30. The molecule has 1 aliphatic carbocycles. The minimum Gasteiger partial charge on any atom is -0.379 e. The van der Waals surface area contributed by atoms with Gasteiger partial charge >= 0.3 is 0 Å². The van der Waals surface area contributed by atoms with Crippen LogP contribution in [0.3, 0.4) is 0 Å². The molecule has 0 saturated heterocycles. The molecule has 0 amide bonds. The Kier molecular flexibility index (Phi) is 4.36. The number of aliphatic imine (C=N–C) groups is 1. The van der Waals surface area contributed by atoms with Crippen LogP contribution >= 0.6 is 0 Å². The molecule has 0 atom stereocenters. The highest BCUT2D eigenvalue weighted by atomic mass is 16.5. The molecule has 1 saturated carbocycles. The summed E-state index contributed by atoms with van der Waals surface area (Å²) in [6.45, 7) is 2.13. The van der Waals surface area contributed by atoms with Gasteiger partial charge in [0.2, 0.25) is 5.96 Å². The SMILES string of the molecule is CN(CCOCC1CC1)/C(N)=N/C(=N)N. The maximum atomic E-state index is 6.95. The van der Waals surface area contributed by atoms with Crippen molar-refractivity contribution in [3.8, 4) is 0 Å². The minimum absolute atomic E-state index is 0.248. The average Bonchev–Trinajstić information content (AvgIpc) is 2.94. The van der Waals surface area contributed by atoms with Crippen molar-refractivity contribution >= 4 is 11.9 Å². The Morgan fingerprint density at radius 3 is 2.73 bits per heavy atom. The largest absolute Gasteiger partial charge is 0.379 e. The fraction of sp³-hybridized carbons (Fsp3) is 0.778. The first kappa shape index (κ1) is 11.8. The van der Waals surface area contributed by atoms with Gasteiger partial charge in [0.25, 0.3) is 0 Å². The van der Waals surface area contributed by atoms with Crippen LogP contribution < -0.4 is 11.5 Å². The maximum absolute atomic E-state index is 6.95. The van der Waals surface area contributed by atoms with Crippen LogP contribution in [0.4, 0.5) is 0 Å². The smallest absolute Gasteiger partial charge is 0.215 e. The van der Waals surface area contributed by atoms with E-state index in [2.05, 4.69) is 4.99 Å². The summed E-state index contributed by atoms with van der Waals surface area (Å²) >= 11 is 0. The molecule has 5 N–H and O–H groups in total. The fourth-order valence-electron chi connectivity index (χ4n) is 1.06. The van der Waals surface area contributed by atoms with E-state index in [1.54, 1.807) is 11.9 Å². The van der Waals surface area contributed by atoms with Crippen LogP contribution in [-0.2, 0) is 4.74 Å². The second-order valence-corrected chi connectivity index (χ2v) is 3.80. The van der Waals surface area contributed by atoms with Crippen molar-refractivity contribution in [1.82, 2.24) is 4.90 Å². The maximum Gasteiger partial charge on any atom is 0.215 e. The predicted molar refractivity (Wildman–Crippen MR) is 59.7 cm³/mol. The molecule has 0 spiro atoms. The van der Waals surface area contributed by atoms with Gasteiger partial charge in [-0.2, -0.15) is 4.99 Å². The van der Waals surface area contributed by atoms with Crippen LogP contribution in [0.1, 0.15) is 12.8 Å². The molecule has 0 aromatic heterocycles. The third-order valence-corrected chi connectivity index (χ3v) is 2.25. The molecule has 0 aromatic rings. The Morgan fingerprint density at radius 1 is 1.53 bits per heavy atom. The van der Waals surface area contributed by atoms with Gasteiger partial charge in [0.15, 0.2) is 5.96 Å². The topological polar surface area (TPSA) is 101 Å². The number of hydrogen-bond acceptors (Lipinski definition) is 2. The van der Waals surface area contributed by atoms with Gasteiger partial charge < -0.3 is 21.1 Å². The molecule has 1 rings (SSSR count). The number of nitrogens with two attached hydrogens (primary N) is 2. The van der Waals surface area contributed by atoms with Crippen LogP contribution in [0, 0.1) is 11.3 Å². The Morgan fingerprint density at radius 2 is 2.20 bits per heavy atom. The number of guanidine groups is 2. The number of likely N-dealkylation sites (N-methyl/N-ethyl adjacent to an activating group) is 1. The summed E-state index contributed by atoms with van der Waals surface area (Å²) in [7, 11) is 1.79. The van der Waals surface area contributed by atoms with Gasteiger partial charge in [0.1, 0.15) is 0 Å². The summed E-state index contributed by atoms with van der Waals surface area (Å²) in [4.78, 5) is 5.35. The van der Waals surface area contributed by atoms with Gasteiger partial charge in [-0.3, -0.25) is 5.41 Å². The van der Waals surface area contributed by atoms with Crippen LogP contribution in [0.2, 0.25) is 0 Å². The summed E-state index contributed by atoms with van der Waals surface area (Å²) < 4.78 is 5.45. The molecule has 6 heteroatoms. The van der Waals surface area contributed by atoms with Crippen molar-refractivity contribution in [2.24, 2.45) is 22.4 Å². The lowest BCUT2D eigenvalue weighted by Crippen LogP contribution is -2.37. The number of ether oxygens (including phenoxy) is 1. The zero-order valence-corrected chi connectivity index (χ0v) is 9.07. The molecule has 15 heavy (non-hydrogen) atoms. The minimum atomic E-state index is -0.279. The second-order valence-electron chi connectivity index (χ2n) is 3.80. The molecule has 86 valence electrons. The number of hydrogen-bond donors (Lipinski definition) is 3. The van der Waals surface area contributed by atoms with Crippen molar-refractivity contribution in [1.29, 1.82) is 5.41 Å². The molecule has 0 heterocycles. The summed E-state index contributed by atoms with van der Waals surface area (Å²) in [6.07, 6.45) is 2.59. The average molecular weight is 213 g/mol. The lowest BCUT2D eigenvalue weighted by atomic mass is 10.5. The standard InChI is InChI=1S/C9H19N5O/c1-14(9(12)13-8(10)11)4-5-15-6-7-2-3-7/h7H,2-6H2,1H3,(H5,10,11,12,13). The van der Waals surface area contributed by atoms with E-state index in [4.69, 9.17) is 21.6 Å². The third-order valence-electron chi connectivity index (χ3n) is 2.25. The predicted octanol–water partition coefficient (Wildman–Crippen LogP) is -0.447. The van der Waals surface area contributed by atoms with Crippen molar-refractivity contribution < 1.29 is 4.74 Å². The van der Waals surface area contributed by atoms with Gasteiger partial charge in [-0.15, -0.1) is 0 Å². The van der Waals surface area contributed by atoms with E-state index in [0.29, 0.717) is 13.2 Å². The van der Waals surface area contributed by atoms with E-state index in [9.17, 15) is 0 Å². The fourth-order valence-corrected chi connectivity index (χ4v) is 1.06. The molecule has 6 nitrogen and oxygen atoms in total. The van der Waals surface area contributed by atoms with E-state index in [1.165, 1.54) is 12.8 Å². The van der Waals surface area contributed by atoms with E-state index in [1.807, 2.05) is 0 Å². The van der Waals surface area contributed by atoms with Crippen LogP contribution in [0.5, 0.6) is 0 Å². The van der Waals surface area contributed by atoms with Gasteiger partial charge in [0, 0.05) is 20.2 Å². The first-order valence-corrected chi connectivity index (χ1v) is 5.06. The van der Waals surface area contributed by atoms with Gasteiger partial charge in [-0.05, 0) is 18.8 Å². The number of nitrogens with zero attached hydrogens (tertiary/aromatic N) is 2. The highest BCUT2D eigenvalue weighted by Gasteiger charge is 2.20. The normalized spacial score (nSPS) is 16.5. The van der Waals surface area contributed by atoms with Crippen molar-refractivity contribution in [2.75, 3.05) is 26.8 Å². The molecule has 0 aromatic carbocycles. The van der Waals surface area contributed by atoms with Crippen molar-refractivity contribution in [2.45, 2.75) is 12.8 Å². The highest BCUT2D eigenvalue weighted by molar-refractivity contribution is 5.91. The molecule has 0 aliphatic heterocycles. The summed E-state index contributed by atoms with van der Waals surface area (Å²) in [5.41, 5.74) is 10.7. The van der Waals surface area contributed by atoms with Crippen LogP contribution in [0.15, 0.2) is 4.99 Å². The van der Waals surface area contributed by atoms with Gasteiger partial charge in [0.05, 0.1) is 6.61 Å². The van der Waals surface area contributed by atoms with Crippen molar-refractivity contribution in [3.63, 3.8) is 0 Å². The zero-order valence-electron chi connectivity index (χ0n) is 9.07. The lowest BCUT2D eigenvalue weighted by molar-refractivity contribution is 0.115. The van der Waals surface area contributed by atoms with Gasteiger partial charge in [-0.25, -0.2) is 0 Å². The Balaban J connectivity index is 2.10. The van der Waals surface area contributed by atoms with Gasteiger partial charge in [-0.1, -0.05) is 0 Å². The first-order chi connectivity index (χ1) is 7.09. The van der Waals surface area contributed by atoms with Crippen LogP contribution in [-0.4, -0.2) is 43.6 Å². The molecule has 0 unspecified atom stereocenters. The van der Waals surface area contributed by atoms with E-state index >= 15 is 0 Å². The van der Waals surface area contributed by atoms with E-state index < -0.39 is 0 Å². The highest BCUT2D eigenvalue weighted by Crippen LogP contribution is 2.28. The van der Waals surface area contributed by atoms with Crippen LogP contribution in [0.25, 0.3) is 0 Å². The van der Waals surface area contributed by atoms with E-state index in [0.717, 1.165) is 12.5 Å². The van der Waals surface area contributed by atoms with Crippen molar-refractivity contribution in [3.05, 3.63) is 0 Å². The quantitative estimate of drug-likeness (QED) is 0.327. The molecular formula is C9H19N5O. The molecule has 0 radical (unpaired) electrons. The summed E-state index contributed by atoms with van der Waals surface area (Å²) in [6, 6.07) is 0. The monoisotopic (exact) mass is 213 g/mol. The zero-order chi connectivity index (χ0) is 11.3. The molecular weight excluding hydrogens is 194 g/mol. The second kappa shape index (κ2) is 5.55. The summed E-state index contributed by atoms with van der Waals surface area (Å²) in [5.74, 6) is 0.745. The Bertz CT molecular complexity index is 249.